The smallest absolute Gasteiger partial charge is 0.167 e. The van der Waals surface area contributed by atoms with E-state index in [9.17, 15) is 4.79 Å². The Kier molecular flexibility index (Phi) is 5.70. The van der Waals surface area contributed by atoms with Gasteiger partial charge in [-0.15, -0.1) is 0 Å². The lowest BCUT2D eigenvalue weighted by Gasteiger charge is -2.09. The van der Waals surface area contributed by atoms with Gasteiger partial charge in [-0.1, -0.05) is 54.6 Å². The zero-order valence-corrected chi connectivity index (χ0v) is 12.9. The van der Waals surface area contributed by atoms with Crippen LogP contribution < -0.4 is 0 Å². The second-order valence-corrected chi connectivity index (χ2v) is 5.69. The third kappa shape index (κ3) is 5.16. The van der Waals surface area contributed by atoms with Crippen molar-refractivity contribution in [1.82, 2.24) is 4.90 Å². The molecule has 0 fully saturated rings. The lowest BCUT2D eigenvalue weighted by atomic mass is 10.0. The first-order valence-electron chi connectivity index (χ1n) is 7.46. The largest absolute Gasteiger partial charge is 0.309 e. The van der Waals surface area contributed by atoms with Crippen LogP contribution in [0.5, 0.6) is 0 Å². The summed E-state index contributed by atoms with van der Waals surface area (Å²) in [5.74, 6) is 0.182. The minimum Gasteiger partial charge on any atom is -0.309 e. The van der Waals surface area contributed by atoms with Crippen LogP contribution in [-0.4, -0.2) is 31.3 Å². The van der Waals surface area contributed by atoms with Gasteiger partial charge in [0.15, 0.2) is 5.78 Å². The summed E-state index contributed by atoms with van der Waals surface area (Å²) in [5.41, 5.74) is 3.17. The Hall–Kier alpha value is -1.93. The molecular weight excluding hydrogens is 258 g/mol. The number of hydrogen-bond donors (Lipinski definition) is 0. The van der Waals surface area contributed by atoms with Gasteiger partial charge in [-0.25, -0.2) is 0 Å². The van der Waals surface area contributed by atoms with E-state index in [4.69, 9.17) is 0 Å². The van der Waals surface area contributed by atoms with E-state index in [1.54, 1.807) is 0 Å². The van der Waals surface area contributed by atoms with Crippen molar-refractivity contribution in [2.75, 3.05) is 20.6 Å². The second kappa shape index (κ2) is 7.75. The molecule has 0 bridgehead atoms. The monoisotopic (exact) mass is 281 g/mol. The van der Waals surface area contributed by atoms with Gasteiger partial charge in [0, 0.05) is 12.0 Å². The van der Waals surface area contributed by atoms with Gasteiger partial charge in [0.05, 0.1) is 0 Å². The molecule has 110 valence electrons. The standard InChI is InChI=1S/C19H23NO/c1-20(2)14-6-9-16-10-12-18(13-11-16)19(21)15-17-7-4-3-5-8-17/h3-5,7-8,10-13H,6,9,14-15H2,1-2H3. The molecule has 0 aliphatic rings. The summed E-state index contributed by atoms with van der Waals surface area (Å²) in [5, 5.41) is 0. The van der Waals surface area contributed by atoms with Crippen molar-refractivity contribution < 1.29 is 4.79 Å². The quantitative estimate of drug-likeness (QED) is 0.723. The lowest BCUT2D eigenvalue weighted by Crippen LogP contribution is -2.13. The molecule has 0 radical (unpaired) electrons. The van der Waals surface area contributed by atoms with E-state index in [1.165, 1.54) is 5.56 Å². The molecule has 0 amide bonds. The summed E-state index contributed by atoms with van der Waals surface area (Å²) in [6, 6.07) is 18.0. The molecule has 0 aromatic heterocycles. The van der Waals surface area contributed by atoms with Crippen molar-refractivity contribution in [2.24, 2.45) is 0 Å². The molecule has 2 heteroatoms. The normalized spacial score (nSPS) is 10.8. The van der Waals surface area contributed by atoms with Crippen molar-refractivity contribution >= 4 is 5.78 Å². The van der Waals surface area contributed by atoms with Gasteiger partial charge in [0.1, 0.15) is 0 Å². The van der Waals surface area contributed by atoms with Crippen molar-refractivity contribution in [3.05, 3.63) is 71.3 Å². The summed E-state index contributed by atoms with van der Waals surface area (Å²) < 4.78 is 0. The summed E-state index contributed by atoms with van der Waals surface area (Å²) in [7, 11) is 4.18. The Labute approximate surface area is 127 Å². The van der Waals surface area contributed by atoms with Crippen LogP contribution in [0.2, 0.25) is 0 Å². The number of carbonyl (C=O) groups is 1. The molecule has 0 spiro atoms. The van der Waals surface area contributed by atoms with Crippen LogP contribution in [0.4, 0.5) is 0 Å². The predicted molar refractivity (Wildman–Crippen MR) is 87.8 cm³/mol. The van der Waals surface area contributed by atoms with Crippen LogP contribution in [0.15, 0.2) is 54.6 Å². The van der Waals surface area contributed by atoms with E-state index in [-0.39, 0.29) is 5.78 Å². The van der Waals surface area contributed by atoms with Crippen LogP contribution in [0, 0.1) is 0 Å². The molecule has 0 atom stereocenters. The number of rotatable bonds is 7. The first-order chi connectivity index (χ1) is 10.1. The molecule has 2 nitrogen and oxygen atoms in total. The number of benzene rings is 2. The van der Waals surface area contributed by atoms with Crippen LogP contribution in [-0.2, 0) is 12.8 Å². The first-order valence-corrected chi connectivity index (χ1v) is 7.46. The van der Waals surface area contributed by atoms with Crippen LogP contribution in [0.3, 0.4) is 0 Å². The maximum absolute atomic E-state index is 12.2. The molecule has 0 N–H and O–H groups in total. The molecule has 21 heavy (non-hydrogen) atoms. The third-order valence-electron chi connectivity index (χ3n) is 3.55. The SMILES string of the molecule is CN(C)CCCc1ccc(C(=O)Cc2ccccc2)cc1. The first kappa shape index (κ1) is 15.5. The minimum atomic E-state index is 0.182. The maximum Gasteiger partial charge on any atom is 0.167 e. The Morgan fingerprint density at radius 2 is 1.57 bits per heavy atom. The molecule has 0 aliphatic heterocycles. The Bertz CT molecular complexity index is 558. The highest BCUT2D eigenvalue weighted by Gasteiger charge is 2.06. The Morgan fingerprint density at radius 3 is 2.19 bits per heavy atom. The number of aryl methyl sites for hydroxylation is 1. The fourth-order valence-corrected chi connectivity index (χ4v) is 2.34. The average molecular weight is 281 g/mol. The van der Waals surface area contributed by atoms with Gasteiger partial charge in [-0.3, -0.25) is 4.79 Å². The van der Waals surface area contributed by atoms with Gasteiger partial charge >= 0.3 is 0 Å². The molecule has 0 heterocycles. The molecule has 2 rings (SSSR count). The molecule has 0 aliphatic carbocycles. The van der Waals surface area contributed by atoms with Gasteiger partial charge < -0.3 is 4.90 Å². The third-order valence-corrected chi connectivity index (χ3v) is 3.55. The van der Waals surface area contributed by atoms with Crippen LogP contribution in [0.1, 0.15) is 27.9 Å². The molecule has 2 aromatic rings. The highest BCUT2D eigenvalue weighted by Crippen LogP contribution is 2.11. The second-order valence-electron chi connectivity index (χ2n) is 5.69. The van der Waals surface area contributed by atoms with Gasteiger partial charge in [-0.2, -0.15) is 0 Å². The van der Waals surface area contributed by atoms with Gasteiger partial charge in [0.25, 0.3) is 0 Å². The maximum atomic E-state index is 12.2. The Balaban J connectivity index is 1.91. The molecule has 0 unspecified atom stereocenters. The predicted octanol–water partition coefficient (Wildman–Crippen LogP) is 3.61. The lowest BCUT2D eigenvalue weighted by molar-refractivity contribution is 0.0993. The number of hydrogen-bond acceptors (Lipinski definition) is 2. The van der Waals surface area contributed by atoms with Crippen molar-refractivity contribution in [3.8, 4) is 0 Å². The van der Waals surface area contributed by atoms with E-state index in [1.807, 2.05) is 42.5 Å². The fourth-order valence-electron chi connectivity index (χ4n) is 2.34. The van der Waals surface area contributed by atoms with E-state index >= 15 is 0 Å². The van der Waals surface area contributed by atoms with Crippen molar-refractivity contribution in [3.63, 3.8) is 0 Å². The van der Waals surface area contributed by atoms with Crippen LogP contribution >= 0.6 is 0 Å². The molecule has 0 saturated carbocycles. The fraction of sp³-hybridized carbons (Fsp3) is 0.316. The topological polar surface area (TPSA) is 20.3 Å². The van der Waals surface area contributed by atoms with Crippen LogP contribution in [0.25, 0.3) is 0 Å². The number of nitrogens with zero attached hydrogens (tertiary/aromatic N) is 1. The summed E-state index contributed by atoms with van der Waals surface area (Å²) in [6.45, 7) is 1.09. The zero-order chi connectivity index (χ0) is 15.1. The van der Waals surface area contributed by atoms with E-state index in [0.717, 1.165) is 30.5 Å². The number of carbonyl (C=O) groups excluding carboxylic acids is 1. The number of Topliss-reactive ketones (excluding diaryl/α,β-unsaturated/α-hetero) is 1. The molecule has 2 aromatic carbocycles. The van der Waals surface area contributed by atoms with Gasteiger partial charge in [-0.05, 0) is 44.6 Å². The van der Waals surface area contributed by atoms with E-state index < -0.39 is 0 Å². The van der Waals surface area contributed by atoms with Gasteiger partial charge in [0.2, 0.25) is 0 Å². The molecular formula is C19H23NO. The van der Waals surface area contributed by atoms with Crippen molar-refractivity contribution in [2.45, 2.75) is 19.3 Å². The van der Waals surface area contributed by atoms with Crippen molar-refractivity contribution in [1.29, 1.82) is 0 Å². The molecule has 0 saturated heterocycles. The van der Waals surface area contributed by atoms with E-state index in [0.29, 0.717) is 6.42 Å². The Morgan fingerprint density at radius 1 is 0.905 bits per heavy atom. The number of ketones is 1. The highest BCUT2D eigenvalue weighted by molar-refractivity contribution is 5.97. The average Bonchev–Trinajstić information content (AvgIpc) is 2.48. The summed E-state index contributed by atoms with van der Waals surface area (Å²) >= 11 is 0. The highest BCUT2D eigenvalue weighted by atomic mass is 16.1. The minimum absolute atomic E-state index is 0.182. The van der Waals surface area contributed by atoms with E-state index in [2.05, 4.69) is 31.1 Å². The summed E-state index contributed by atoms with van der Waals surface area (Å²) in [6.07, 6.45) is 2.68. The summed E-state index contributed by atoms with van der Waals surface area (Å²) in [4.78, 5) is 14.4. The zero-order valence-electron chi connectivity index (χ0n) is 12.9.